The largest absolute Gasteiger partial charge is 0.374 e. The molecule has 0 aliphatic carbocycles. The molecule has 0 radical (unpaired) electrons. The van der Waals surface area contributed by atoms with Crippen LogP contribution in [0.15, 0.2) is 24.3 Å². The summed E-state index contributed by atoms with van der Waals surface area (Å²) in [7, 11) is 2.19. The quantitative estimate of drug-likeness (QED) is 0.102. The Morgan fingerprint density at radius 1 is 0.559 bits per heavy atom. The molecular weight excluding hydrogens is 418 g/mol. The van der Waals surface area contributed by atoms with E-state index >= 15 is 0 Å². The van der Waals surface area contributed by atoms with Crippen molar-refractivity contribution in [3.05, 3.63) is 24.3 Å². The maximum atomic E-state index is 6.23. The summed E-state index contributed by atoms with van der Waals surface area (Å²) in [6.45, 7) is 8.36. The number of hydrogen-bond donors (Lipinski definition) is 0. The molecule has 0 aromatic carbocycles. The van der Waals surface area contributed by atoms with E-state index in [4.69, 9.17) is 9.47 Å². The van der Waals surface area contributed by atoms with Gasteiger partial charge in [0.25, 0.3) is 0 Å². The fourth-order valence-electron chi connectivity index (χ4n) is 4.69. The molecule has 0 saturated carbocycles. The first-order valence-electron chi connectivity index (χ1n) is 15.0. The Hall–Kier alpha value is -0.640. The van der Waals surface area contributed by atoms with Crippen molar-refractivity contribution in [2.45, 2.75) is 142 Å². The molecule has 0 aromatic rings. The summed E-state index contributed by atoms with van der Waals surface area (Å²) in [6.07, 6.45) is 33.3. The average Bonchev–Trinajstić information content (AvgIpc) is 3.19. The van der Waals surface area contributed by atoms with Crippen molar-refractivity contribution in [3.8, 4) is 0 Å². The fraction of sp³-hybridized carbons (Fsp3) is 0.871. The van der Waals surface area contributed by atoms with Crippen LogP contribution in [-0.2, 0) is 9.47 Å². The van der Waals surface area contributed by atoms with E-state index in [0.29, 0.717) is 0 Å². The smallest absolute Gasteiger partial charge is 0.0975 e. The number of rotatable bonds is 24. The Kier molecular flexibility index (Phi) is 22.2. The van der Waals surface area contributed by atoms with Gasteiger partial charge in [-0.2, -0.15) is 0 Å². The monoisotopic (exact) mass is 477 g/mol. The lowest BCUT2D eigenvalue weighted by Crippen LogP contribution is -2.30. The molecule has 1 fully saturated rings. The van der Waals surface area contributed by atoms with Crippen molar-refractivity contribution in [2.75, 3.05) is 33.4 Å². The minimum Gasteiger partial charge on any atom is -0.374 e. The van der Waals surface area contributed by atoms with Gasteiger partial charge in [0.15, 0.2) is 0 Å². The number of allylic oxidation sites excluding steroid dienone is 4. The highest BCUT2D eigenvalue weighted by Gasteiger charge is 2.32. The summed E-state index contributed by atoms with van der Waals surface area (Å²) in [4.78, 5) is 2.36. The van der Waals surface area contributed by atoms with E-state index in [-0.39, 0.29) is 12.2 Å². The highest BCUT2D eigenvalue weighted by atomic mass is 16.5. The van der Waals surface area contributed by atoms with Crippen LogP contribution in [0, 0.1) is 0 Å². The summed E-state index contributed by atoms with van der Waals surface area (Å²) >= 11 is 0. The van der Waals surface area contributed by atoms with Crippen molar-refractivity contribution < 1.29 is 9.47 Å². The number of unbranched alkanes of at least 4 members (excludes halogenated alkanes) is 14. The Bertz CT molecular complexity index is 476. The number of likely N-dealkylation sites (N-methyl/N-ethyl adjacent to an activating group) is 1. The Morgan fingerprint density at radius 2 is 0.971 bits per heavy atom. The first kappa shape index (κ1) is 31.4. The van der Waals surface area contributed by atoms with Crippen LogP contribution in [0.1, 0.15) is 129 Å². The van der Waals surface area contributed by atoms with Gasteiger partial charge in [-0.25, -0.2) is 0 Å². The highest BCUT2D eigenvalue weighted by Crippen LogP contribution is 2.17. The second-order valence-electron chi connectivity index (χ2n) is 10.4. The molecule has 3 heteroatoms. The zero-order valence-corrected chi connectivity index (χ0v) is 23.3. The number of ether oxygens (including phenoxy) is 2. The normalized spacial score (nSPS) is 19.3. The van der Waals surface area contributed by atoms with E-state index < -0.39 is 0 Å². The molecule has 34 heavy (non-hydrogen) atoms. The van der Waals surface area contributed by atoms with E-state index in [2.05, 4.69) is 50.1 Å². The van der Waals surface area contributed by atoms with Crippen molar-refractivity contribution in [1.29, 1.82) is 0 Å². The van der Waals surface area contributed by atoms with Gasteiger partial charge in [-0.05, 0) is 52.0 Å². The van der Waals surface area contributed by atoms with E-state index in [1.54, 1.807) is 0 Å². The van der Waals surface area contributed by atoms with Gasteiger partial charge < -0.3 is 14.4 Å². The molecule has 0 N–H and O–H groups in total. The van der Waals surface area contributed by atoms with Crippen LogP contribution in [0.25, 0.3) is 0 Å². The lowest BCUT2D eigenvalue weighted by atomic mass is 10.1. The SMILES string of the molecule is CCCCC/C=C\C/C=C\CCCCCCCCOC1CN(C)C[C@H]1OCCCCCCCC. The second kappa shape index (κ2) is 24.1. The lowest BCUT2D eigenvalue weighted by Gasteiger charge is -2.20. The van der Waals surface area contributed by atoms with Crippen LogP contribution in [0.4, 0.5) is 0 Å². The van der Waals surface area contributed by atoms with E-state index in [1.165, 1.54) is 109 Å². The maximum absolute atomic E-state index is 6.23. The predicted octanol–water partition coefficient (Wildman–Crippen LogP) is 8.88. The number of nitrogens with zero attached hydrogens (tertiary/aromatic N) is 1. The summed E-state index contributed by atoms with van der Waals surface area (Å²) in [5, 5.41) is 0. The van der Waals surface area contributed by atoms with Crippen LogP contribution >= 0.6 is 0 Å². The van der Waals surface area contributed by atoms with Crippen molar-refractivity contribution in [2.24, 2.45) is 0 Å². The topological polar surface area (TPSA) is 21.7 Å². The molecule has 1 saturated heterocycles. The molecule has 0 aromatic heterocycles. The Morgan fingerprint density at radius 3 is 1.50 bits per heavy atom. The summed E-state index contributed by atoms with van der Waals surface area (Å²) in [5.41, 5.74) is 0. The first-order chi connectivity index (χ1) is 16.8. The highest BCUT2D eigenvalue weighted by molar-refractivity contribution is 4.92. The Labute approximate surface area is 213 Å². The van der Waals surface area contributed by atoms with Crippen molar-refractivity contribution >= 4 is 0 Å². The van der Waals surface area contributed by atoms with Gasteiger partial charge in [0, 0.05) is 26.3 Å². The zero-order valence-electron chi connectivity index (χ0n) is 23.3. The van der Waals surface area contributed by atoms with E-state index in [0.717, 1.165) is 32.7 Å². The molecule has 2 atom stereocenters. The molecule has 1 unspecified atom stereocenters. The summed E-state index contributed by atoms with van der Waals surface area (Å²) in [6, 6.07) is 0. The van der Waals surface area contributed by atoms with Crippen molar-refractivity contribution in [1.82, 2.24) is 4.90 Å². The van der Waals surface area contributed by atoms with Gasteiger partial charge in [-0.1, -0.05) is 109 Å². The average molecular weight is 478 g/mol. The molecule has 1 heterocycles. The van der Waals surface area contributed by atoms with Crippen LogP contribution < -0.4 is 0 Å². The minimum absolute atomic E-state index is 0.267. The third-order valence-corrected chi connectivity index (χ3v) is 6.90. The predicted molar refractivity (Wildman–Crippen MR) is 150 cm³/mol. The van der Waals surface area contributed by atoms with Gasteiger partial charge in [-0.3, -0.25) is 0 Å². The fourth-order valence-corrected chi connectivity index (χ4v) is 4.69. The zero-order chi connectivity index (χ0) is 24.5. The summed E-state index contributed by atoms with van der Waals surface area (Å²) < 4.78 is 12.4. The van der Waals surface area contributed by atoms with E-state index in [1.807, 2.05) is 0 Å². The maximum Gasteiger partial charge on any atom is 0.0975 e. The molecule has 0 amide bonds. The molecule has 0 bridgehead atoms. The molecule has 0 spiro atoms. The number of likely N-dealkylation sites (tertiary alicyclic amines) is 1. The minimum atomic E-state index is 0.267. The molecule has 200 valence electrons. The van der Waals surface area contributed by atoms with Crippen LogP contribution in [0.5, 0.6) is 0 Å². The lowest BCUT2D eigenvalue weighted by molar-refractivity contribution is -0.0481. The molecular formula is C31H59NO2. The second-order valence-corrected chi connectivity index (χ2v) is 10.4. The van der Waals surface area contributed by atoms with Gasteiger partial charge in [0.1, 0.15) is 0 Å². The first-order valence-corrected chi connectivity index (χ1v) is 15.0. The number of hydrogen-bond acceptors (Lipinski definition) is 3. The van der Waals surface area contributed by atoms with Crippen molar-refractivity contribution in [3.63, 3.8) is 0 Å². The third-order valence-electron chi connectivity index (χ3n) is 6.90. The molecule has 1 aliphatic heterocycles. The van der Waals surface area contributed by atoms with Crippen LogP contribution in [0.3, 0.4) is 0 Å². The van der Waals surface area contributed by atoms with Gasteiger partial charge >= 0.3 is 0 Å². The van der Waals surface area contributed by atoms with Crippen LogP contribution in [-0.4, -0.2) is 50.5 Å². The Balaban J connectivity index is 1.91. The van der Waals surface area contributed by atoms with E-state index in [9.17, 15) is 0 Å². The third kappa shape index (κ3) is 18.7. The van der Waals surface area contributed by atoms with Crippen LogP contribution in [0.2, 0.25) is 0 Å². The van der Waals surface area contributed by atoms with Gasteiger partial charge in [-0.15, -0.1) is 0 Å². The summed E-state index contributed by atoms with van der Waals surface area (Å²) in [5.74, 6) is 0. The van der Waals surface area contributed by atoms with Gasteiger partial charge in [0.05, 0.1) is 12.2 Å². The molecule has 1 rings (SSSR count). The van der Waals surface area contributed by atoms with Gasteiger partial charge in [0.2, 0.25) is 0 Å². The standard InChI is InChI=1S/C31H59NO2/c1-4-6-8-10-12-13-14-15-16-17-18-19-20-21-23-25-27-34-31-29-32(3)28-30(31)33-26-24-22-11-9-7-5-2/h12-13,15-16,30-31H,4-11,14,17-29H2,1-3H3/b13-12-,16-15-/t30-,31?/m1/s1. The molecule has 3 nitrogen and oxygen atoms in total. The molecule has 1 aliphatic rings.